The third-order valence-electron chi connectivity index (χ3n) is 5.07. The zero-order valence-electron chi connectivity index (χ0n) is 19.8. The van der Waals surface area contributed by atoms with Crippen molar-refractivity contribution in [1.29, 1.82) is 0 Å². The van der Waals surface area contributed by atoms with Crippen LogP contribution in [-0.4, -0.2) is 47.0 Å². The second kappa shape index (κ2) is 11.6. The molecule has 0 aliphatic rings. The molecule has 0 aliphatic heterocycles. The number of urea groups is 1. The van der Waals surface area contributed by atoms with Gasteiger partial charge in [-0.1, -0.05) is 25.1 Å². The van der Waals surface area contributed by atoms with Gasteiger partial charge >= 0.3 is 6.03 Å². The number of benzene rings is 2. The second-order valence-corrected chi connectivity index (χ2v) is 8.03. The summed E-state index contributed by atoms with van der Waals surface area (Å²) in [6, 6.07) is 12.1. The summed E-state index contributed by atoms with van der Waals surface area (Å²) < 4.78 is 40.7. The maximum atomic E-state index is 14.5. The van der Waals surface area contributed by atoms with Gasteiger partial charge in [0.1, 0.15) is 5.82 Å². The van der Waals surface area contributed by atoms with E-state index >= 15 is 0 Å². The van der Waals surface area contributed by atoms with Crippen LogP contribution in [0.4, 0.5) is 13.6 Å². The van der Waals surface area contributed by atoms with Crippen molar-refractivity contribution < 1.29 is 23.0 Å². The molecule has 182 valence electrons. The largest absolute Gasteiger partial charge is 0.435 e. The van der Waals surface area contributed by atoms with E-state index in [2.05, 4.69) is 5.32 Å². The molecule has 0 saturated carbocycles. The van der Waals surface area contributed by atoms with E-state index < -0.39 is 11.6 Å². The van der Waals surface area contributed by atoms with E-state index in [1.54, 1.807) is 16.7 Å². The number of nitrogens with one attached hydrogen (secondary N) is 1. The molecular weight excluding hydrogens is 442 g/mol. The lowest BCUT2D eigenvalue weighted by Crippen LogP contribution is -2.44. The van der Waals surface area contributed by atoms with Crippen LogP contribution in [0.1, 0.15) is 32.0 Å². The van der Waals surface area contributed by atoms with E-state index in [1.165, 1.54) is 6.07 Å². The number of hydrogen-bond acceptors (Lipinski definition) is 4. The molecule has 7 nitrogen and oxygen atoms in total. The van der Waals surface area contributed by atoms with Gasteiger partial charge in [-0.05, 0) is 44.5 Å². The lowest BCUT2D eigenvalue weighted by Gasteiger charge is -2.24. The Bertz CT molecular complexity index is 1100. The summed E-state index contributed by atoms with van der Waals surface area (Å²) in [6.07, 6.45) is 0.557. The number of aryl methyl sites for hydroxylation is 1. The topological polar surface area (TPSA) is 68.6 Å². The van der Waals surface area contributed by atoms with Crippen molar-refractivity contribution in [3.63, 3.8) is 0 Å². The first kappa shape index (κ1) is 25.2. The molecule has 0 fully saturated rings. The summed E-state index contributed by atoms with van der Waals surface area (Å²) in [7, 11) is 1.56. The summed E-state index contributed by atoms with van der Waals surface area (Å²) in [5.74, 6) is -1.42. The van der Waals surface area contributed by atoms with Gasteiger partial charge in [-0.2, -0.15) is 5.10 Å². The molecule has 2 aromatic carbocycles. The standard InChI is InChI=1S/C25H30F2N4O3/c1-5-22-20(16-30(13-14-33-4)25(32)28-17(2)3)24(31(29-22)19-9-7-6-8-10-19)34-23-12-11-18(26)15-21(23)27/h6-12,15,17H,5,13-14,16H2,1-4H3,(H,28,32). The lowest BCUT2D eigenvalue weighted by atomic mass is 10.2. The Balaban J connectivity index is 2.10. The Morgan fingerprint density at radius 2 is 1.91 bits per heavy atom. The second-order valence-electron chi connectivity index (χ2n) is 8.03. The zero-order valence-corrected chi connectivity index (χ0v) is 19.8. The van der Waals surface area contributed by atoms with Gasteiger partial charge in [-0.3, -0.25) is 0 Å². The molecule has 3 aromatic rings. The fraction of sp³-hybridized carbons (Fsp3) is 0.360. The highest BCUT2D eigenvalue weighted by atomic mass is 19.1. The first-order valence-electron chi connectivity index (χ1n) is 11.2. The number of carbonyl (C=O) groups is 1. The molecule has 1 aromatic heterocycles. The Morgan fingerprint density at radius 3 is 2.53 bits per heavy atom. The average molecular weight is 473 g/mol. The van der Waals surface area contributed by atoms with Crippen LogP contribution in [-0.2, 0) is 17.7 Å². The van der Waals surface area contributed by atoms with Gasteiger partial charge in [0.05, 0.1) is 30.1 Å². The molecule has 1 heterocycles. The Hall–Kier alpha value is -3.46. The number of halogens is 2. The van der Waals surface area contributed by atoms with Gasteiger partial charge in [0.15, 0.2) is 11.6 Å². The molecule has 0 aliphatic carbocycles. The number of para-hydroxylation sites is 1. The molecule has 0 radical (unpaired) electrons. The van der Waals surface area contributed by atoms with Crippen molar-refractivity contribution in [1.82, 2.24) is 20.0 Å². The number of methoxy groups -OCH3 is 1. The Labute approximate surface area is 198 Å². The molecule has 0 saturated heterocycles. The fourth-order valence-electron chi connectivity index (χ4n) is 3.41. The highest BCUT2D eigenvalue weighted by molar-refractivity contribution is 5.74. The molecule has 2 amide bonds. The first-order chi connectivity index (χ1) is 16.3. The molecule has 0 bridgehead atoms. The van der Waals surface area contributed by atoms with Crippen LogP contribution in [0.3, 0.4) is 0 Å². The van der Waals surface area contributed by atoms with E-state index in [9.17, 15) is 13.6 Å². The first-order valence-corrected chi connectivity index (χ1v) is 11.2. The molecule has 34 heavy (non-hydrogen) atoms. The molecule has 0 unspecified atom stereocenters. The Kier molecular flexibility index (Phi) is 8.59. The van der Waals surface area contributed by atoms with Gasteiger partial charge in [0, 0.05) is 25.8 Å². The number of nitrogens with zero attached hydrogens (tertiary/aromatic N) is 3. The van der Waals surface area contributed by atoms with Gasteiger partial charge in [0.2, 0.25) is 5.88 Å². The van der Waals surface area contributed by atoms with Crippen LogP contribution in [0, 0.1) is 11.6 Å². The van der Waals surface area contributed by atoms with Crippen molar-refractivity contribution in [3.05, 3.63) is 71.4 Å². The number of aromatic nitrogens is 2. The maximum absolute atomic E-state index is 14.5. The van der Waals surface area contributed by atoms with Crippen LogP contribution >= 0.6 is 0 Å². The normalized spacial score (nSPS) is 11.0. The van der Waals surface area contributed by atoms with Crippen LogP contribution < -0.4 is 10.1 Å². The van der Waals surface area contributed by atoms with Crippen LogP contribution in [0.25, 0.3) is 5.69 Å². The maximum Gasteiger partial charge on any atom is 0.317 e. The highest BCUT2D eigenvalue weighted by Crippen LogP contribution is 2.33. The Morgan fingerprint density at radius 1 is 1.18 bits per heavy atom. The number of amides is 2. The quantitative estimate of drug-likeness (QED) is 0.447. The average Bonchev–Trinajstić information content (AvgIpc) is 3.15. The minimum Gasteiger partial charge on any atom is -0.435 e. The number of rotatable bonds is 10. The van der Waals surface area contributed by atoms with Crippen molar-refractivity contribution in [2.24, 2.45) is 0 Å². The monoisotopic (exact) mass is 472 g/mol. The van der Waals surface area contributed by atoms with E-state index in [1.807, 2.05) is 51.1 Å². The van der Waals surface area contributed by atoms with Crippen molar-refractivity contribution in [2.75, 3.05) is 20.3 Å². The third kappa shape index (κ3) is 6.11. The summed E-state index contributed by atoms with van der Waals surface area (Å²) in [6.45, 7) is 6.53. The van der Waals surface area contributed by atoms with Crippen molar-refractivity contribution in [3.8, 4) is 17.3 Å². The number of carbonyl (C=O) groups excluding carboxylic acids is 1. The summed E-state index contributed by atoms with van der Waals surface area (Å²) in [5, 5.41) is 7.60. The summed E-state index contributed by atoms with van der Waals surface area (Å²) in [4.78, 5) is 14.5. The molecular formula is C25H30F2N4O3. The predicted molar refractivity (Wildman–Crippen MR) is 125 cm³/mol. The molecule has 0 spiro atoms. The molecule has 0 atom stereocenters. The third-order valence-corrected chi connectivity index (χ3v) is 5.07. The van der Waals surface area contributed by atoms with Crippen molar-refractivity contribution >= 4 is 6.03 Å². The zero-order chi connectivity index (χ0) is 24.7. The minimum absolute atomic E-state index is 0.0562. The lowest BCUT2D eigenvalue weighted by molar-refractivity contribution is 0.145. The van der Waals surface area contributed by atoms with E-state index in [0.29, 0.717) is 36.5 Å². The smallest absolute Gasteiger partial charge is 0.317 e. The van der Waals surface area contributed by atoms with Gasteiger partial charge in [-0.25, -0.2) is 18.3 Å². The fourth-order valence-corrected chi connectivity index (χ4v) is 3.41. The minimum atomic E-state index is -0.835. The highest BCUT2D eigenvalue weighted by Gasteiger charge is 2.25. The predicted octanol–water partition coefficient (Wildman–Crippen LogP) is 5.07. The molecule has 9 heteroatoms. The van der Waals surface area contributed by atoms with Gasteiger partial charge < -0.3 is 19.7 Å². The van der Waals surface area contributed by atoms with E-state index in [4.69, 9.17) is 14.6 Å². The van der Waals surface area contributed by atoms with Gasteiger partial charge in [0.25, 0.3) is 0 Å². The van der Waals surface area contributed by atoms with Crippen LogP contribution in [0.5, 0.6) is 11.6 Å². The SMILES string of the molecule is CCc1nn(-c2ccccc2)c(Oc2ccc(F)cc2F)c1CN(CCOC)C(=O)NC(C)C. The molecule has 3 rings (SSSR count). The number of hydrogen-bond donors (Lipinski definition) is 1. The van der Waals surface area contributed by atoms with Crippen LogP contribution in [0.15, 0.2) is 48.5 Å². The van der Waals surface area contributed by atoms with E-state index in [-0.39, 0.29) is 30.2 Å². The summed E-state index contributed by atoms with van der Waals surface area (Å²) >= 11 is 0. The van der Waals surface area contributed by atoms with Gasteiger partial charge in [-0.15, -0.1) is 0 Å². The number of ether oxygens (including phenoxy) is 2. The summed E-state index contributed by atoms with van der Waals surface area (Å²) in [5.41, 5.74) is 2.03. The van der Waals surface area contributed by atoms with Crippen LogP contribution in [0.2, 0.25) is 0 Å². The van der Waals surface area contributed by atoms with Crippen molar-refractivity contribution in [2.45, 2.75) is 39.8 Å². The molecule has 1 N–H and O–H groups in total. The van der Waals surface area contributed by atoms with E-state index in [0.717, 1.165) is 12.1 Å².